The molecule has 0 unspecified atom stereocenters. The van der Waals surface area contributed by atoms with Crippen LogP contribution < -0.4 is 24.8 Å². The minimum atomic E-state index is -0.282. The highest BCUT2D eigenvalue weighted by atomic mass is 32.1. The molecule has 33 heavy (non-hydrogen) atoms. The molecule has 2 N–H and O–H groups in total. The number of carbonyl (C=O) groups excluding carboxylic acids is 1. The topological polar surface area (TPSA) is 68.8 Å². The van der Waals surface area contributed by atoms with Crippen LogP contribution in [0.2, 0.25) is 0 Å². The fourth-order valence-corrected chi connectivity index (χ4v) is 7.06. The van der Waals surface area contributed by atoms with Gasteiger partial charge in [-0.25, -0.2) is 0 Å². The molecule has 1 aromatic carbocycles. The number of amides is 1. The lowest BCUT2D eigenvalue weighted by molar-refractivity contribution is -0.0672. The molecule has 7 heteroatoms. The van der Waals surface area contributed by atoms with Crippen molar-refractivity contribution in [3.63, 3.8) is 0 Å². The van der Waals surface area contributed by atoms with E-state index in [-0.39, 0.29) is 11.9 Å². The molecule has 5 rings (SSSR count). The Bertz CT molecular complexity index is 825. The Kier molecular flexibility index (Phi) is 7.37. The van der Waals surface area contributed by atoms with Crippen molar-refractivity contribution >= 4 is 23.2 Å². The van der Waals surface area contributed by atoms with Crippen molar-refractivity contribution in [3.8, 4) is 17.2 Å². The summed E-state index contributed by atoms with van der Waals surface area (Å²) < 4.78 is 17.2. The normalized spacial score (nSPS) is 28.2. The molecule has 0 aliphatic heterocycles. The van der Waals surface area contributed by atoms with E-state index < -0.39 is 0 Å². The van der Waals surface area contributed by atoms with Crippen LogP contribution in [0.3, 0.4) is 0 Å². The van der Waals surface area contributed by atoms with Crippen LogP contribution in [0.4, 0.5) is 0 Å². The number of hydrogen-bond donors (Lipinski definition) is 2. The maximum atomic E-state index is 13.1. The second kappa shape index (κ2) is 10.1. The van der Waals surface area contributed by atoms with Gasteiger partial charge in [-0.1, -0.05) is 0 Å². The lowest BCUT2D eigenvalue weighted by Gasteiger charge is -2.59. The van der Waals surface area contributed by atoms with Crippen LogP contribution in [0.5, 0.6) is 17.2 Å². The quantitative estimate of drug-likeness (QED) is 0.486. The maximum absolute atomic E-state index is 13.1. The highest BCUT2D eigenvalue weighted by Gasteiger charge is 2.53. The van der Waals surface area contributed by atoms with E-state index in [0.29, 0.717) is 53.2 Å². The summed E-state index contributed by atoms with van der Waals surface area (Å²) in [5.41, 5.74) is 0.740. The van der Waals surface area contributed by atoms with Crippen LogP contribution in [0.15, 0.2) is 12.1 Å². The van der Waals surface area contributed by atoms with E-state index in [4.69, 9.17) is 26.4 Å². The number of rotatable bonds is 9. The van der Waals surface area contributed by atoms with Crippen molar-refractivity contribution < 1.29 is 19.0 Å². The highest BCUT2D eigenvalue weighted by molar-refractivity contribution is 7.80. The summed E-state index contributed by atoms with van der Waals surface area (Å²) in [5.74, 6) is 3.86. The van der Waals surface area contributed by atoms with Gasteiger partial charge in [0.2, 0.25) is 5.75 Å². The average molecular weight is 475 g/mol. The second-order valence-corrected chi connectivity index (χ2v) is 10.4. The number of ether oxygens (including phenoxy) is 3. The van der Waals surface area contributed by atoms with Gasteiger partial charge in [0, 0.05) is 11.6 Å². The molecule has 182 valence electrons. The molecule has 4 saturated carbocycles. The molecule has 4 aliphatic carbocycles. The van der Waals surface area contributed by atoms with E-state index in [2.05, 4.69) is 17.6 Å². The highest BCUT2D eigenvalue weighted by Crippen LogP contribution is 2.61. The first-order valence-corrected chi connectivity index (χ1v) is 13.0. The zero-order chi connectivity index (χ0) is 23.6. The van der Waals surface area contributed by atoms with Gasteiger partial charge < -0.3 is 19.5 Å². The van der Waals surface area contributed by atoms with Gasteiger partial charge in [-0.2, -0.15) is 0 Å². The second-order valence-electron chi connectivity index (χ2n) is 10.0. The predicted octanol–water partition coefficient (Wildman–Crippen LogP) is 5.09. The summed E-state index contributed by atoms with van der Waals surface area (Å²) >= 11 is 5.57. The van der Waals surface area contributed by atoms with Gasteiger partial charge in [-0.3, -0.25) is 10.1 Å². The van der Waals surface area contributed by atoms with Gasteiger partial charge in [0.25, 0.3) is 5.91 Å². The Balaban J connectivity index is 1.44. The molecule has 1 aromatic rings. The molecule has 4 bridgehead atoms. The first kappa shape index (κ1) is 24.1. The van der Waals surface area contributed by atoms with Crippen molar-refractivity contribution in [1.29, 1.82) is 0 Å². The zero-order valence-corrected chi connectivity index (χ0v) is 21.2. The van der Waals surface area contributed by atoms with Crippen molar-refractivity contribution in [2.45, 2.75) is 72.3 Å². The molecule has 0 radical (unpaired) electrons. The Morgan fingerprint density at radius 2 is 1.45 bits per heavy atom. The Hall–Kier alpha value is -2.02. The molecule has 6 nitrogen and oxygen atoms in total. The fourth-order valence-electron chi connectivity index (χ4n) is 6.79. The van der Waals surface area contributed by atoms with Crippen LogP contribution in [-0.4, -0.2) is 36.9 Å². The third-order valence-electron chi connectivity index (χ3n) is 7.75. The maximum Gasteiger partial charge on any atom is 0.257 e. The Morgan fingerprint density at radius 1 is 0.970 bits per heavy atom. The Morgan fingerprint density at radius 3 is 1.91 bits per heavy atom. The van der Waals surface area contributed by atoms with Gasteiger partial charge in [-0.05, 0) is 114 Å². The van der Waals surface area contributed by atoms with E-state index in [1.54, 1.807) is 12.1 Å². The van der Waals surface area contributed by atoms with Crippen LogP contribution in [0.1, 0.15) is 76.6 Å². The van der Waals surface area contributed by atoms with Crippen LogP contribution in [-0.2, 0) is 0 Å². The monoisotopic (exact) mass is 474 g/mol. The van der Waals surface area contributed by atoms with Gasteiger partial charge >= 0.3 is 0 Å². The Labute approximate surface area is 203 Å². The SMILES string of the molecule is CCOc1cc(C(=O)NC(=S)N[C@H](C)C23CC4CC(CC(C4)C2)C3)cc(OCC)c1OCC. The number of benzene rings is 1. The van der Waals surface area contributed by atoms with Crippen molar-refractivity contribution in [3.05, 3.63) is 17.7 Å². The van der Waals surface area contributed by atoms with E-state index >= 15 is 0 Å². The molecule has 0 heterocycles. The van der Waals surface area contributed by atoms with Crippen LogP contribution in [0.25, 0.3) is 0 Å². The minimum Gasteiger partial charge on any atom is -0.490 e. The predicted molar refractivity (Wildman–Crippen MR) is 133 cm³/mol. The molecule has 0 aromatic heterocycles. The standard InChI is InChI=1S/C26H38N2O4S/c1-5-30-21-11-20(12-22(31-6-2)23(21)32-7-3)24(29)28-25(33)27-16(4)26-13-17-8-18(14-26)10-19(9-17)15-26/h11-12,16-19H,5-10,13-15H2,1-4H3,(H2,27,28,29,33)/t16-,17?,18?,19?,26?/m1/s1. The summed E-state index contributed by atoms with van der Waals surface area (Å²) in [5, 5.41) is 6.72. The third kappa shape index (κ3) is 5.08. The summed E-state index contributed by atoms with van der Waals surface area (Å²) in [6, 6.07) is 3.63. The van der Waals surface area contributed by atoms with E-state index in [0.717, 1.165) is 17.8 Å². The largest absolute Gasteiger partial charge is 0.490 e. The molecule has 1 atom stereocenters. The summed E-state index contributed by atoms with van der Waals surface area (Å²) in [7, 11) is 0. The van der Waals surface area contributed by atoms with Crippen molar-refractivity contribution in [1.82, 2.24) is 10.6 Å². The van der Waals surface area contributed by atoms with E-state index in [1.165, 1.54) is 38.5 Å². The summed E-state index contributed by atoms with van der Waals surface area (Å²) in [4.78, 5) is 13.1. The summed E-state index contributed by atoms with van der Waals surface area (Å²) in [6.07, 6.45) is 8.10. The number of thiocarbonyl (C=S) groups is 1. The first-order chi connectivity index (χ1) is 15.9. The molecule has 4 aliphatic rings. The molecule has 0 saturated heterocycles. The summed E-state index contributed by atoms with van der Waals surface area (Å²) in [6.45, 7) is 9.33. The molecule has 1 amide bonds. The van der Waals surface area contributed by atoms with Gasteiger partial charge in [0.05, 0.1) is 19.8 Å². The lowest BCUT2D eigenvalue weighted by Crippen LogP contribution is -2.57. The smallest absolute Gasteiger partial charge is 0.257 e. The third-order valence-corrected chi connectivity index (χ3v) is 7.97. The van der Waals surface area contributed by atoms with Crippen LogP contribution >= 0.6 is 12.2 Å². The molecular formula is C26H38N2O4S. The van der Waals surface area contributed by atoms with Gasteiger partial charge in [0.1, 0.15) is 0 Å². The van der Waals surface area contributed by atoms with Gasteiger partial charge in [-0.15, -0.1) is 0 Å². The van der Waals surface area contributed by atoms with Gasteiger partial charge in [0.15, 0.2) is 16.6 Å². The first-order valence-electron chi connectivity index (χ1n) is 12.6. The average Bonchev–Trinajstić information content (AvgIpc) is 2.75. The number of hydrogen-bond acceptors (Lipinski definition) is 5. The fraction of sp³-hybridized carbons (Fsp3) is 0.692. The van der Waals surface area contributed by atoms with E-state index in [9.17, 15) is 4.79 Å². The molecular weight excluding hydrogens is 436 g/mol. The van der Waals surface area contributed by atoms with Crippen molar-refractivity contribution in [2.75, 3.05) is 19.8 Å². The van der Waals surface area contributed by atoms with E-state index in [1.807, 2.05) is 20.8 Å². The molecule has 0 spiro atoms. The lowest BCUT2D eigenvalue weighted by atomic mass is 9.48. The van der Waals surface area contributed by atoms with Crippen LogP contribution in [0, 0.1) is 23.2 Å². The molecule has 4 fully saturated rings. The minimum absolute atomic E-state index is 0.247. The van der Waals surface area contributed by atoms with Crippen molar-refractivity contribution in [2.24, 2.45) is 23.2 Å². The zero-order valence-electron chi connectivity index (χ0n) is 20.4. The number of nitrogens with one attached hydrogen (secondary N) is 2. The number of carbonyl (C=O) groups is 1.